The van der Waals surface area contributed by atoms with E-state index in [0.717, 1.165) is 17.5 Å². The molecule has 0 saturated heterocycles. The quantitative estimate of drug-likeness (QED) is 0.700. The molecule has 0 saturated carbocycles. The molecule has 6 heteroatoms. The van der Waals surface area contributed by atoms with Gasteiger partial charge in [-0.05, 0) is 48.7 Å². The van der Waals surface area contributed by atoms with Crippen molar-refractivity contribution in [3.05, 3.63) is 95.6 Å². The highest BCUT2D eigenvalue weighted by Gasteiger charge is 2.17. The fourth-order valence-corrected chi connectivity index (χ4v) is 3.50. The van der Waals surface area contributed by atoms with E-state index in [1.807, 2.05) is 42.0 Å². The molecule has 0 aliphatic rings. The van der Waals surface area contributed by atoms with E-state index in [0.29, 0.717) is 5.69 Å². The third kappa shape index (κ3) is 5.18. The molecule has 0 aliphatic heterocycles. The van der Waals surface area contributed by atoms with Crippen LogP contribution in [-0.2, 0) is 16.4 Å². The average Bonchev–Trinajstić information content (AvgIpc) is 2.64. The van der Waals surface area contributed by atoms with Crippen LogP contribution in [0.4, 0.5) is 10.5 Å². The van der Waals surface area contributed by atoms with Gasteiger partial charge in [-0.25, -0.2) is 17.9 Å². The van der Waals surface area contributed by atoms with E-state index in [-0.39, 0.29) is 4.90 Å². The van der Waals surface area contributed by atoms with Crippen molar-refractivity contribution < 1.29 is 13.2 Å². The number of hydrogen-bond donors (Lipinski definition) is 2. The molecule has 0 unspecified atom stereocenters. The lowest BCUT2D eigenvalue weighted by Crippen LogP contribution is -2.34. The highest BCUT2D eigenvalue weighted by Crippen LogP contribution is 2.14. The number of urea groups is 1. The Bertz CT molecular complexity index is 1010. The molecule has 0 bridgehead atoms. The van der Waals surface area contributed by atoms with Crippen LogP contribution >= 0.6 is 0 Å². The molecule has 0 heterocycles. The van der Waals surface area contributed by atoms with Crippen molar-refractivity contribution in [3.63, 3.8) is 0 Å². The van der Waals surface area contributed by atoms with Crippen LogP contribution in [0.25, 0.3) is 0 Å². The summed E-state index contributed by atoms with van der Waals surface area (Å²) in [7, 11) is -3.91. The van der Waals surface area contributed by atoms with Gasteiger partial charge in [-0.2, -0.15) is 0 Å². The Labute approximate surface area is 159 Å². The van der Waals surface area contributed by atoms with Gasteiger partial charge in [0, 0.05) is 5.69 Å². The smallest absolute Gasteiger partial charge is 0.307 e. The molecule has 2 N–H and O–H groups in total. The highest BCUT2D eigenvalue weighted by atomic mass is 32.2. The molecular weight excluding hydrogens is 360 g/mol. The summed E-state index contributed by atoms with van der Waals surface area (Å²) in [6, 6.07) is 22.8. The molecule has 138 valence electrons. The zero-order chi connectivity index (χ0) is 19.3. The number of amides is 2. The summed E-state index contributed by atoms with van der Waals surface area (Å²) in [5.74, 6) is 0. The number of carbonyl (C=O) groups is 1. The van der Waals surface area contributed by atoms with E-state index in [1.54, 1.807) is 24.3 Å². The van der Waals surface area contributed by atoms with E-state index >= 15 is 0 Å². The van der Waals surface area contributed by atoms with Crippen LogP contribution < -0.4 is 10.0 Å². The first-order valence-corrected chi connectivity index (χ1v) is 9.94. The van der Waals surface area contributed by atoms with Gasteiger partial charge < -0.3 is 5.32 Å². The van der Waals surface area contributed by atoms with Gasteiger partial charge in [0.25, 0.3) is 10.0 Å². The number of benzene rings is 3. The van der Waals surface area contributed by atoms with E-state index < -0.39 is 16.1 Å². The molecule has 0 fully saturated rings. The minimum atomic E-state index is -3.91. The minimum Gasteiger partial charge on any atom is -0.307 e. The minimum absolute atomic E-state index is 0.0430. The van der Waals surface area contributed by atoms with Gasteiger partial charge in [-0.15, -0.1) is 0 Å². The maximum atomic E-state index is 12.2. The van der Waals surface area contributed by atoms with E-state index in [4.69, 9.17) is 0 Å². The van der Waals surface area contributed by atoms with Gasteiger partial charge in [0.1, 0.15) is 0 Å². The molecule has 3 aromatic rings. The van der Waals surface area contributed by atoms with Crippen LogP contribution in [0.1, 0.15) is 16.7 Å². The van der Waals surface area contributed by atoms with Crippen LogP contribution in [0.5, 0.6) is 0 Å². The van der Waals surface area contributed by atoms with Crippen LogP contribution in [0.3, 0.4) is 0 Å². The number of aryl methyl sites for hydroxylation is 1. The van der Waals surface area contributed by atoms with Crippen LogP contribution in [0, 0.1) is 6.92 Å². The Morgan fingerprint density at radius 3 is 2.04 bits per heavy atom. The molecule has 2 amide bonds. The topological polar surface area (TPSA) is 75.3 Å². The molecule has 3 aromatic carbocycles. The van der Waals surface area contributed by atoms with Crippen molar-refractivity contribution in [1.82, 2.24) is 4.72 Å². The third-order valence-electron chi connectivity index (χ3n) is 4.02. The lowest BCUT2D eigenvalue weighted by molar-refractivity contribution is 0.256. The Balaban J connectivity index is 1.61. The Kier molecular flexibility index (Phi) is 5.57. The highest BCUT2D eigenvalue weighted by molar-refractivity contribution is 7.90. The Morgan fingerprint density at radius 1 is 0.815 bits per heavy atom. The second kappa shape index (κ2) is 8.05. The molecule has 0 spiro atoms. The predicted octanol–water partition coefficient (Wildman–Crippen LogP) is 4.10. The van der Waals surface area contributed by atoms with Gasteiger partial charge in [0.05, 0.1) is 4.90 Å². The van der Waals surface area contributed by atoms with Gasteiger partial charge in [0.15, 0.2) is 0 Å². The Morgan fingerprint density at radius 2 is 1.41 bits per heavy atom. The van der Waals surface area contributed by atoms with Gasteiger partial charge in [-0.1, -0.05) is 60.2 Å². The molecule has 0 radical (unpaired) electrons. The van der Waals surface area contributed by atoms with Crippen LogP contribution in [0.15, 0.2) is 83.8 Å². The molecule has 0 aromatic heterocycles. The van der Waals surface area contributed by atoms with Crippen molar-refractivity contribution in [1.29, 1.82) is 0 Å². The van der Waals surface area contributed by atoms with Crippen molar-refractivity contribution in [2.45, 2.75) is 18.2 Å². The fraction of sp³-hybridized carbons (Fsp3) is 0.0952. The molecule has 0 atom stereocenters. The van der Waals surface area contributed by atoms with Gasteiger partial charge >= 0.3 is 6.03 Å². The summed E-state index contributed by atoms with van der Waals surface area (Å²) in [5.41, 5.74) is 3.75. The Hall–Kier alpha value is -3.12. The van der Waals surface area contributed by atoms with Crippen molar-refractivity contribution >= 4 is 21.7 Å². The monoisotopic (exact) mass is 380 g/mol. The van der Waals surface area contributed by atoms with Gasteiger partial charge in [-0.3, -0.25) is 0 Å². The zero-order valence-corrected chi connectivity index (χ0v) is 15.7. The molecule has 3 rings (SSSR count). The lowest BCUT2D eigenvalue weighted by atomic mass is 10.1. The summed E-state index contributed by atoms with van der Waals surface area (Å²) in [4.78, 5) is 12.1. The first-order valence-electron chi connectivity index (χ1n) is 8.46. The van der Waals surface area contributed by atoms with Crippen molar-refractivity contribution in [2.24, 2.45) is 0 Å². The number of sulfonamides is 1. The second-order valence-corrected chi connectivity index (χ2v) is 7.91. The largest absolute Gasteiger partial charge is 0.333 e. The number of nitrogens with one attached hydrogen (secondary N) is 2. The summed E-state index contributed by atoms with van der Waals surface area (Å²) in [5, 5.41) is 2.54. The first kappa shape index (κ1) is 18.7. The van der Waals surface area contributed by atoms with E-state index in [9.17, 15) is 13.2 Å². The van der Waals surface area contributed by atoms with Gasteiger partial charge in [0.2, 0.25) is 0 Å². The summed E-state index contributed by atoms with van der Waals surface area (Å²) < 4.78 is 26.5. The van der Waals surface area contributed by atoms with Crippen LogP contribution in [-0.4, -0.2) is 14.4 Å². The molecule has 0 aliphatic carbocycles. The maximum absolute atomic E-state index is 12.2. The predicted molar refractivity (Wildman–Crippen MR) is 106 cm³/mol. The number of anilines is 1. The number of hydrogen-bond acceptors (Lipinski definition) is 3. The second-order valence-electron chi connectivity index (χ2n) is 6.23. The van der Waals surface area contributed by atoms with E-state index in [1.165, 1.54) is 17.7 Å². The number of rotatable bonds is 5. The molecular formula is C21H20N2O3S. The van der Waals surface area contributed by atoms with E-state index in [2.05, 4.69) is 17.4 Å². The first-order chi connectivity index (χ1) is 12.9. The normalized spacial score (nSPS) is 11.0. The lowest BCUT2D eigenvalue weighted by Gasteiger charge is -2.09. The van der Waals surface area contributed by atoms with Crippen LogP contribution in [0.2, 0.25) is 0 Å². The fourth-order valence-electron chi connectivity index (χ4n) is 2.59. The molecule has 5 nitrogen and oxygen atoms in total. The summed E-state index contributed by atoms with van der Waals surface area (Å²) >= 11 is 0. The summed E-state index contributed by atoms with van der Waals surface area (Å²) in [6.07, 6.45) is 0.787. The standard InChI is InChI=1S/C21H20N2O3S/c1-16-7-13-20(14-8-16)27(25,26)23-21(24)22-19-11-9-18(10-12-19)15-17-5-3-2-4-6-17/h2-14H,15H2,1H3,(H2,22,23,24). The number of carbonyl (C=O) groups excluding carboxylic acids is 1. The average molecular weight is 380 g/mol. The zero-order valence-electron chi connectivity index (χ0n) is 14.8. The van der Waals surface area contributed by atoms with Crippen molar-refractivity contribution in [2.75, 3.05) is 5.32 Å². The molecule has 27 heavy (non-hydrogen) atoms. The maximum Gasteiger partial charge on any atom is 0.333 e. The summed E-state index contributed by atoms with van der Waals surface area (Å²) in [6.45, 7) is 1.86. The third-order valence-corrected chi connectivity index (χ3v) is 5.37. The SMILES string of the molecule is Cc1ccc(S(=O)(=O)NC(=O)Nc2ccc(Cc3ccccc3)cc2)cc1. The van der Waals surface area contributed by atoms with Crippen molar-refractivity contribution in [3.8, 4) is 0 Å².